The Kier molecular flexibility index (Phi) is 5.50. The number of aromatic nitrogens is 1. The van der Waals surface area contributed by atoms with Crippen molar-refractivity contribution in [2.45, 2.75) is 5.25 Å². The van der Waals surface area contributed by atoms with Gasteiger partial charge in [0.15, 0.2) is 0 Å². The number of nitrogens with zero attached hydrogens (tertiary/aromatic N) is 1. The molecule has 1 aromatic heterocycles. The van der Waals surface area contributed by atoms with Gasteiger partial charge in [-0.3, -0.25) is 9.78 Å². The van der Waals surface area contributed by atoms with E-state index in [1.165, 1.54) is 11.8 Å². The third kappa shape index (κ3) is 3.24. The molecule has 1 unspecified atom stereocenters. The van der Waals surface area contributed by atoms with Crippen LogP contribution in [0.15, 0.2) is 24.4 Å². The number of amides is 1. The van der Waals surface area contributed by atoms with Gasteiger partial charge in [-0.2, -0.15) is 0 Å². The fraction of sp³-hybridized carbons (Fsp3) is 0.250. The van der Waals surface area contributed by atoms with Crippen molar-refractivity contribution < 1.29 is 4.79 Å². The molecular formula is C8H11ClN2OS. The van der Waals surface area contributed by atoms with Gasteiger partial charge in [0.2, 0.25) is 5.91 Å². The second-order valence-electron chi connectivity index (χ2n) is 2.27. The zero-order valence-corrected chi connectivity index (χ0v) is 8.77. The average molecular weight is 219 g/mol. The standard InChI is InChI=1S/C8H10N2OS.ClH/c1-12-7(8(9)11)6-4-2-3-5-10-6;/h2-5,7H,1H3,(H2,9,11);1H. The van der Waals surface area contributed by atoms with Crippen molar-refractivity contribution in [3.63, 3.8) is 0 Å². The van der Waals surface area contributed by atoms with Gasteiger partial charge in [-0.15, -0.1) is 24.2 Å². The van der Waals surface area contributed by atoms with E-state index in [9.17, 15) is 4.79 Å². The molecule has 0 saturated heterocycles. The Morgan fingerprint density at radius 3 is 2.69 bits per heavy atom. The lowest BCUT2D eigenvalue weighted by atomic mass is 10.2. The lowest BCUT2D eigenvalue weighted by molar-refractivity contribution is -0.117. The van der Waals surface area contributed by atoms with Crippen LogP contribution in [-0.2, 0) is 4.79 Å². The second-order valence-corrected chi connectivity index (χ2v) is 3.22. The molecule has 5 heteroatoms. The zero-order valence-electron chi connectivity index (χ0n) is 7.14. The van der Waals surface area contributed by atoms with E-state index in [1.807, 2.05) is 18.4 Å². The van der Waals surface area contributed by atoms with Gasteiger partial charge in [0, 0.05) is 6.20 Å². The van der Waals surface area contributed by atoms with Crippen molar-refractivity contribution in [1.29, 1.82) is 0 Å². The molecule has 0 aromatic carbocycles. The van der Waals surface area contributed by atoms with E-state index in [0.29, 0.717) is 0 Å². The molecule has 2 N–H and O–H groups in total. The summed E-state index contributed by atoms with van der Waals surface area (Å²) in [4.78, 5) is 14.9. The number of carbonyl (C=O) groups excluding carboxylic acids is 1. The zero-order chi connectivity index (χ0) is 8.97. The summed E-state index contributed by atoms with van der Waals surface area (Å²) in [5.41, 5.74) is 5.90. The lowest BCUT2D eigenvalue weighted by Gasteiger charge is -2.08. The van der Waals surface area contributed by atoms with Crippen molar-refractivity contribution >= 4 is 30.1 Å². The van der Waals surface area contributed by atoms with E-state index in [0.717, 1.165) is 5.69 Å². The quantitative estimate of drug-likeness (QED) is 0.835. The van der Waals surface area contributed by atoms with Gasteiger partial charge in [0.1, 0.15) is 5.25 Å². The van der Waals surface area contributed by atoms with Crippen LogP contribution in [0.5, 0.6) is 0 Å². The highest BCUT2D eigenvalue weighted by Gasteiger charge is 2.16. The summed E-state index contributed by atoms with van der Waals surface area (Å²) < 4.78 is 0. The SMILES string of the molecule is CSC(C(N)=O)c1ccccn1.Cl. The molecule has 0 radical (unpaired) electrons. The summed E-state index contributed by atoms with van der Waals surface area (Å²) in [5.74, 6) is -0.346. The minimum absolute atomic E-state index is 0. The number of thioether (sulfide) groups is 1. The number of hydrogen-bond acceptors (Lipinski definition) is 3. The van der Waals surface area contributed by atoms with Gasteiger partial charge >= 0.3 is 0 Å². The first kappa shape index (κ1) is 12.3. The summed E-state index contributed by atoms with van der Waals surface area (Å²) in [7, 11) is 0. The molecule has 0 aliphatic rings. The van der Waals surface area contributed by atoms with E-state index in [4.69, 9.17) is 5.73 Å². The van der Waals surface area contributed by atoms with Crippen LogP contribution in [0.2, 0.25) is 0 Å². The first-order valence-electron chi connectivity index (χ1n) is 3.48. The molecule has 1 amide bonds. The van der Waals surface area contributed by atoms with E-state index < -0.39 is 0 Å². The molecule has 0 bridgehead atoms. The smallest absolute Gasteiger partial charge is 0.236 e. The predicted octanol–water partition coefficient (Wildman–Crippen LogP) is 1.39. The van der Waals surface area contributed by atoms with E-state index >= 15 is 0 Å². The van der Waals surface area contributed by atoms with E-state index in [2.05, 4.69) is 4.98 Å². The van der Waals surface area contributed by atoms with Crippen LogP contribution in [0, 0.1) is 0 Å². The minimum atomic E-state index is -0.346. The normalized spacial score (nSPS) is 11.5. The van der Waals surface area contributed by atoms with Gasteiger partial charge in [-0.05, 0) is 18.4 Å². The third-order valence-corrected chi connectivity index (χ3v) is 2.40. The Morgan fingerprint density at radius 2 is 2.31 bits per heavy atom. The number of primary amides is 1. The largest absolute Gasteiger partial charge is 0.368 e. The molecule has 1 atom stereocenters. The molecule has 1 rings (SSSR count). The van der Waals surface area contributed by atoms with Gasteiger partial charge in [-0.25, -0.2) is 0 Å². The number of nitrogens with two attached hydrogens (primary N) is 1. The van der Waals surface area contributed by atoms with Crippen LogP contribution in [0.4, 0.5) is 0 Å². The molecule has 0 spiro atoms. The minimum Gasteiger partial charge on any atom is -0.368 e. The molecule has 1 aromatic rings. The van der Waals surface area contributed by atoms with Crippen LogP contribution in [0.25, 0.3) is 0 Å². The molecule has 1 heterocycles. The highest BCUT2D eigenvalue weighted by Crippen LogP contribution is 2.23. The summed E-state index contributed by atoms with van der Waals surface area (Å²) in [6, 6.07) is 5.45. The number of hydrogen-bond donors (Lipinski definition) is 1. The average Bonchev–Trinajstić information content (AvgIpc) is 2.07. The van der Waals surface area contributed by atoms with Gasteiger partial charge in [0.05, 0.1) is 5.69 Å². The molecule has 72 valence electrons. The highest BCUT2D eigenvalue weighted by atomic mass is 35.5. The second kappa shape index (κ2) is 5.83. The van der Waals surface area contributed by atoms with Crippen molar-refractivity contribution in [1.82, 2.24) is 4.98 Å². The van der Waals surface area contributed by atoms with Crippen molar-refractivity contribution in [3.05, 3.63) is 30.1 Å². The Hall–Kier alpha value is -0.740. The van der Waals surface area contributed by atoms with Crippen molar-refractivity contribution in [2.75, 3.05) is 6.26 Å². The maximum absolute atomic E-state index is 10.9. The first-order chi connectivity index (χ1) is 5.75. The molecule has 0 aliphatic heterocycles. The number of halogens is 1. The lowest BCUT2D eigenvalue weighted by Crippen LogP contribution is -2.19. The van der Waals surface area contributed by atoms with Crippen molar-refractivity contribution in [3.8, 4) is 0 Å². The van der Waals surface area contributed by atoms with Crippen LogP contribution < -0.4 is 5.73 Å². The van der Waals surface area contributed by atoms with Crippen LogP contribution in [-0.4, -0.2) is 17.1 Å². The molecule has 0 fully saturated rings. The number of pyridine rings is 1. The summed E-state index contributed by atoms with van der Waals surface area (Å²) in [6.45, 7) is 0. The van der Waals surface area contributed by atoms with Crippen LogP contribution in [0.3, 0.4) is 0 Å². The molecular weight excluding hydrogens is 208 g/mol. The van der Waals surface area contributed by atoms with E-state index in [-0.39, 0.29) is 23.6 Å². The van der Waals surface area contributed by atoms with Crippen LogP contribution in [0.1, 0.15) is 10.9 Å². The Bertz CT molecular complexity index is 268. The summed E-state index contributed by atoms with van der Waals surface area (Å²) in [5, 5.41) is -0.328. The molecule has 0 saturated carbocycles. The molecule has 3 nitrogen and oxygen atoms in total. The number of rotatable bonds is 3. The van der Waals surface area contributed by atoms with Gasteiger partial charge in [-0.1, -0.05) is 6.07 Å². The third-order valence-electron chi connectivity index (χ3n) is 1.45. The Balaban J connectivity index is 0.00000144. The monoisotopic (exact) mass is 218 g/mol. The predicted molar refractivity (Wildman–Crippen MR) is 56.9 cm³/mol. The molecule has 13 heavy (non-hydrogen) atoms. The fourth-order valence-electron chi connectivity index (χ4n) is 0.914. The van der Waals surface area contributed by atoms with Gasteiger partial charge < -0.3 is 5.73 Å². The fourth-order valence-corrected chi connectivity index (χ4v) is 1.53. The summed E-state index contributed by atoms with van der Waals surface area (Å²) in [6.07, 6.45) is 3.49. The number of carbonyl (C=O) groups is 1. The highest BCUT2D eigenvalue weighted by molar-refractivity contribution is 7.99. The van der Waals surface area contributed by atoms with Crippen molar-refractivity contribution in [2.24, 2.45) is 5.73 Å². The van der Waals surface area contributed by atoms with Gasteiger partial charge in [0.25, 0.3) is 0 Å². The maximum atomic E-state index is 10.9. The molecule has 0 aliphatic carbocycles. The Labute approximate surface area is 87.5 Å². The van der Waals surface area contributed by atoms with E-state index in [1.54, 1.807) is 12.3 Å². The topological polar surface area (TPSA) is 56.0 Å². The maximum Gasteiger partial charge on any atom is 0.236 e. The Morgan fingerprint density at radius 1 is 1.62 bits per heavy atom. The first-order valence-corrected chi connectivity index (χ1v) is 4.77. The summed E-state index contributed by atoms with van der Waals surface area (Å²) >= 11 is 1.39. The van der Waals surface area contributed by atoms with Crippen LogP contribution >= 0.6 is 24.2 Å².